The van der Waals surface area contributed by atoms with E-state index in [0.717, 1.165) is 47.4 Å². The quantitative estimate of drug-likeness (QED) is 0.822. The normalized spacial score (nSPS) is 15.2. The summed E-state index contributed by atoms with van der Waals surface area (Å²) in [5.74, 6) is 0.381. The van der Waals surface area contributed by atoms with Crippen molar-refractivity contribution in [3.8, 4) is 5.75 Å². The molecular formula is C19H22Cl2N2O. The number of aromatic nitrogens is 1. The van der Waals surface area contributed by atoms with Crippen molar-refractivity contribution in [2.75, 3.05) is 6.54 Å². The molecule has 0 fully saturated rings. The third-order valence-corrected chi connectivity index (χ3v) is 3.97. The van der Waals surface area contributed by atoms with Crippen LogP contribution >= 0.6 is 24.8 Å². The lowest BCUT2D eigenvalue weighted by atomic mass is 9.94. The zero-order chi connectivity index (χ0) is 15.5. The van der Waals surface area contributed by atoms with Crippen molar-refractivity contribution in [3.05, 3.63) is 64.5 Å². The molecule has 1 aromatic carbocycles. The van der Waals surface area contributed by atoms with Crippen LogP contribution in [0.3, 0.4) is 0 Å². The van der Waals surface area contributed by atoms with Gasteiger partial charge >= 0.3 is 0 Å². The second kappa shape index (κ2) is 8.86. The molecule has 1 aliphatic rings. The van der Waals surface area contributed by atoms with Gasteiger partial charge in [-0.1, -0.05) is 0 Å². The maximum Gasteiger partial charge on any atom is 0.121 e. The van der Waals surface area contributed by atoms with Gasteiger partial charge in [-0.25, -0.2) is 0 Å². The molecule has 3 nitrogen and oxygen atoms in total. The van der Waals surface area contributed by atoms with Gasteiger partial charge in [0.15, 0.2) is 0 Å². The molecule has 2 aromatic rings. The summed E-state index contributed by atoms with van der Waals surface area (Å²) in [7, 11) is 0. The molecule has 0 saturated carbocycles. The number of pyridine rings is 1. The van der Waals surface area contributed by atoms with Gasteiger partial charge in [-0.3, -0.25) is 9.98 Å². The molecule has 0 amide bonds. The number of hydrogen-bond acceptors (Lipinski definition) is 3. The highest BCUT2D eigenvalue weighted by molar-refractivity contribution is 6.15. The van der Waals surface area contributed by atoms with Gasteiger partial charge in [0.05, 0.1) is 5.71 Å². The first-order valence-corrected chi connectivity index (χ1v) is 7.61. The Morgan fingerprint density at radius 1 is 1.12 bits per heavy atom. The number of aryl methyl sites for hydroxylation is 2. The number of nitrogens with zero attached hydrogens (tertiary/aromatic N) is 2. The summed E-state index contributed by atoms with van der Waals surface area (Å²) in [6.45, 7) is 4.73. The highest BCUT2D eigenvalue weighted by atomic mass is 35.5. The third-order valence-electron chi connectivity index (χ3n) is 3.97. The Balaban J connectivity index is 0.00000144. The van der Waals surface area contributed by atoms with E-state index in [9.17, 15) is 5.11 Å². The number of allylic oxidation sites excluding steroid dienone is 1. The monoisotopic (exact) mass is 364 g/mol. The summed E-state index contributed by atoms with van der Waals surface area (Å²) in [5, 5.41) is 9.91. The van der Waals surface area contributed by atoms with E-state index >= 15 is 0 Å². The van der Waals surface area contributed by atoms with Gasteiger partial charge in [-0.2, -0.15) is 0 Å². The average molecular weight is 365 g/mol. The van der Waals surface area contributed by atoms with Crippen LogP contribution in [0.25, 0.3) is 6.08 Å². The van der Waals surface area contributed by atoms with Crippen LogP contribution in [-0.2, 0) is 0 Å². The van der Waals surface area contributed by atoms with Gasteiger partial charge in [-0.15, -0.1) is 24.8 Å². The molecule has 0 spiro atoms. The topological polar surface area (TPSA) is 45.5 Å². The molecule has 2 heterocycles. The number of halogens is 2. The first kappa shape index (κ1) is 20.2. The fraction of sp³-hybridized carbons (Fsp3) is 0.263. The first-order chi connectivity index (χ1) is 10.6. The van der Waals surface area contributed by atoms with E-state index in [1.165, 1.54) is 5.57 Å². The van der Waals surface area contributed by atoms with E-state index in [0.29, 0.717) is 5.75 Å². The van der Waals surface area contributed by atoms with Gasteiger partial charge in [0.2, 0.25) is 0 Å². The summed E-state index contributed by atoms with van der Waals surface area (Å²) in [6, 6.07) is 8.03. The van der Waals surface area contributed by atoms with Crippen LogP contribution in [0.1, 0.15) is 35.1 Å². The van der Waals surface area contributed by atoms with Crippen LogP contribution in [-0.4, -0.2) is 22.3 Å². The number of aliphatic imine (C=N–C) groups is 1. The van der Waals surface area contributed by atoms with Gasteiger partial charge < -0.3 is 5.11 Å². The zero-order valence-electron chi connectivity index (χ0n) is 13.8. The second-order valence-electron chi connectivity index (χ2n) is 5.75. The van der Waals surface area contributed by atoms with Gasteiger partial charge in [0.1, 0.15) is 5.75 Å². The second-order valence-corrected chi connectivity index (χ2v) is 5.75. The van der Waals surface area contributed by atoms with Crippen molar-refractivity contribution in [3.63, 3.8) is 0 Å². The molecular weight excluding hydrogens is 343 g/mol. The number of aromatic hydroxyl groups is 1. The number of rotatable bonds is 2. The molecule has 1 aromatic heterocycles. The van der Waals surface area contributed by atoms with E-state index in [2.05, 4.69) is 17.1 Å². The van der Waals surface area contributed by atoms with E-state index in [4.69, 9.17) is 4.99 Å². The van der Waals surface area contributed by atoms with Crippen LogP contribution in [0.15, 0.2) is 47.2 Å². The highest BCUT2D eigenvalue weighted by Gasteiger charge is 2.14. The summed E-state index contributed by atoms with van der Waals surface area (Å²) in [5.41, 5.74) is 6.28. The number of phenolic OH excluding ortho intramolecular Hbond substituents is 1. The largest absolute Gasteiger partial charge is 0.507 e. The number of hydrogen-bond donors (Lipinski definition) is 1. The van der Waals surface area contributed by atoms with E-state index in [-0.39, 0.29) is 24.8 Å². The molecule has 0 radical (unpaired) electrons. The highest BCUT2D eigenvalue weighted by Crippen LogP contribution is 2.26. The van der Waals surface area contributed by atoms with Gasteiger partial charge in [0.25, 0.3) is 0 Å². The predicted molar refractivity (Wildman–Crippen MR) is 105 cm³/mol. The van der Waals surface area contributed by atoms with Crippen LogP contribution in [0.2, 0.25) is 0 Å². The Labute approximate surface area is 155 Å². The Morgan fingerprint density at radius 3 is 2.46 bits per heavy atom. The van der Waals surface area contributed by atoms with Gasteiger partial charge in [0, 0.05) is 24.5 Å². The Morgan fingerprint density at radius 2 is 1.83 bits per heavy atom. The van der Waals surface area contributed by atoms with Crippen LogP contribution < -0.4 is 0 Å². The Bertz CT molecular complexity index is 732. The molecule has 3 rings (SSSR count). The van der Waals surface area contributed by atoms with E-state index < -0.39 is 0 Å². The molecule has 1 N–H and O–H groups in total. The number of phenols is 1. The van der Waals surface area contributed by atoms with Crippen LogP contribution in [0.4, 0.5) is 0 Å². The van der Waals surface area contributed by atoms with Gasteiger partial charge in [-0.05, 0) is 79.3 Å². The minimum absolute atomic E-state index is 0. The number of benzene rings is 1. The lowest BCUT2D eigenvalue weighted by Crippen LogP contribution is -2.11. The lowest BCUT2D eigenvalue weighted by Gasteiger charge is -2.16. The van der Waals surface area contributed by atoms with E-state index in [1.54, 1.807) is 6.20 Å². The van der Waals surface area contributed by atoms with Crippen molar-refractivity contribution in [1.82, 2.24) is 4.98 Å². The zero-order valence-corrected chi connectivity index (χ0v) is 15.5. The minimum atomic E-state index is 0. The molecule has 0 saturated heterocycles. The van der Waals surface area contributed by atoms with Crippen molar-refractivity contribution in [2.45, 2.75) is 26.7 Å². The molecule has 24 heavy (non-hydrogen) atoms. The molecule has 5 heteroatoms. The third kappa shape index (κ3) is 4.37. The summed E-state index contributed by atoms with van der Waals surface area (Å²) >= 11 is 0. The van der Waals surface area contributed by atoms with Crippen molar-refractivity contribution in [1.29, 1.82) is 0 Å². The predicted octanol–water partition coefficient (Wildman–Crippen LogP) is 4.91. The molecule has 128 valence electrons. The molecule has 0 unspecified atom stereocenters. The Hall–Kier alpha value is -1.84. The SMILES string of the molecule is Cc1cc(/C=C2\CCCN=C2c2cccnc2)cc(C)c1O.Cl.Cl. The van der Waals surface area contributed by atoms with Crippen molar-refractivity contribution >= 4 is 36.6 Å². The molecule has 1 aliphatic heterocycles. The minimum Gasteiger partial charge on any atom is -0.507 e. The smallest absolute Gasteiger partial charge is 0.121 e. The fourth-order valence-corrected chi connectivity index (χ4v) is 2.87. The van der Waals surface area contributed by atoms with E-state index in [1.807, 2.05) is 38.2 Å². The first-order valence-electron chi connectivity index (χ1n) is 7.61. The molecule has 0 aliphatic carbocycles. The van der Waals surface area contributed by atoms with Crippen LogP contribution in [0.5, 0.6) is 5.75 Å². The van der Waals surface area contributed by atoms with Crippen LogP contribution in [0, 0.1) is 13.8 Å². The van der Waals surface area contributed by atoms with Crippen molar-refractivity contribution < 1.29 is 5.11 Å². The summed E-state index contributed by atoms with van der Waals surface area (Å²) in [6.07, 6.45) is 7.93. The average Bonchev–Trinajstić information content (AvgIpc) is 2.54. The molecule has 0 bridgehead atoms. The fourth-order valence-electron chi connectivity index (χ4n) is 2.87. The van der Waals surface area contributed by atoms with Crippen molar-refractivity contribution in [2.24, 2.45) is 4.99 Å². The standard InChI is InChI=1S/C19H20N2O.2ClH/c1-13-9-15(10-14(2)19(13)22)11-16-5-4-8-21-18(16)17-6-3-7-20-12-17;;/h3,6-7,9-12,22H,4-5,8H2,1-2H3;2*1H/b16-11+;;. The maximum atomic E-state index is 9.91. The maximum absolute atomic E-state index is 9.91. The Kier molecular flexibility index (Phi) is 7.46. The summed E-state index contributed by atoms with van der Waals surface area (Å²) in [4.78, 5) is 8.90. The summed E-state index contributed by atoms with van der Waals surface area (Å²) < 4.78 is 0. The molecule has 0 atom stereocenters. The lowest BCUT2D eigenvalue weighted by molar-refractivity contribution is 0.467.